The maximum Gasteiger partial charge on any atom is 0.273 e. The van der Waals surface area contributed by atoms with Crippen molar-refractivity contribution in [3.8, 4) is 0 Å². The highest BCUT2D eigenvalue weighted by molar-refractivity contribution is 6.03. The number of nitrogens with zero attached hydrogens (tertiary/aromatic N) is 3. The maximum absolute atomic E-state index is 12.5. The Kier molecular flexibility index (Phi) is 6.34. The summed E-state index contributed by atoms with van der Waals surface area (Å²) in [6.45, 7) is 2.49. The number of carbonyl (C=O) groups excluding carboxylic acids is 2. The molecule has 0 saturated carbocycles. The van der Waals surface area contributed by atoms with Crippen LogP contribution in [-0.4, -0.2) is 50.9 Å². The number of morpholine rings is 1. The summed E-state index contributed by atoms with van der Waals surface area (Å²) in [5, 5.41) is 18.0. The fourth-order valence-corrected chi connectivity index (χ4v) is 3.88. The summed E-state index contributed by atoms with van der Waals surface area (Å²) in [5.41, 5.74) is 3.45. The quantitative estimate of drug-likeness (QED) is 0.621. The zero-order valence-corrected chi connectivity index (χ0v) is 18.1. The Balaban J connectivity index is 1.47. The number of anilines is 1. The van der Waals surface area contributed by atoms with Gasteiger partial charge in [0, 0.05) is 19.3 Å². The van der Waals surface area contributed by atoms with Crippen molar-refractivity contribution in [1.82, 2.24) is 14.7 Å². The molecule has 2 heterocycles. The molecule has 4 rings (SSSR count). The maximum atomic E-state index is 12.5. The minimum atomic E-state index is -0.924. The Hall–Kier alpha value is -3.49. The van der Waals surface area contributed by atoms with E-state index in [0.717, 1.165) is 11.3 Å². The Labute approximate surface area is 186 Å². The van der Waals surface area contributed by atoms with Crippen LogP contribution in [0, 0.1) is 6.92 Å². The molecule has 8 heteroatoms. The second-order valence-corrected chi connectivity index (χ2v) is 7.91. The summed E-state index contributed by atoms with van der Waals surface area (Å²) in [6, 6.07) is 17.8. The summed E-state index contributed by atoms with van der Waals surface area (Å²) in [7, 11) is 1.72. The number of aliphatic hydroxyl groups is 1. The minimum Gasteiger partial charge on any atom is -0.386 e. The topological polar surface area (TPSA) is 96.7 Å². The number of hydrogen-bond donors (Lipinski definition) is 2. The van der Waals surface area contributed by atoms with E-state index in [1.54, 1.807) is 42.3 Å². The van der Waals surface area contributed by atoms with E-state index >= 15 is 0 Å². The molecule has 2 unspecified atom stereocenters. The summed E-state index contributed by atoms with van der Waals surface area (Å²) in [6.07, 6.45) is -0.924. The van der Waals surface area contributed by atoms with Gasteiger partial charge in [0.25, 0.3) is 5.91 Å². The SMILES string of the molecule is Cc1cc(C(=O)Nc2ccc(C(O)C3COCC(=O)N3Cc3ccccc3)cc2)n(C)n1. The number of rotatable bonds is 6. The third-order valence-electron chi connectivity index (χ3n) is 5.54. The van der Waals surface area contributed by atoms with Crippen LogP contribution in [0.1, 0.15) is 33.4 Å². The van der Waals surface area contributed by atoms with E-state index in [1.165, 1.54) is 4.68 Å². The van der Waals surface area contributed by atoms with Gasteiger partial charge < -0.3 is 20.1 Å². The first kappa shape index (κ1) is 21.7. The van der Waals surface area contributed by atoms with Crippen LogP contribution in [0.5, 0.6) is 0 Å². The molecule has 2 atom stereocenters. The molecule has 2 aromatic carbocycles. The lowest BCUT2D eigenvalue weighted by molar-refractivity contribution is -0.155. The lowest BCUT2D eigenvalue weighted by Crippen LogP contribution is -2.51. The minimum absolute atomic E-state index is 0.00844. The fourth-order valence-electron chi connectivity index (χ4n) is 3.88. The highest BCUT2D eigenvalue weighted by Crippen LogP contribution is 2.27. The van der Waals surface area contributed by atoms with Crippen LogP contribution >= 0.6 is 0 Å². The first-order chi connectivity index (χ1) is 15.4. The van der Waals surface area contributed by atoms with Crippen LogP contribution in [0.4, 0.5) is 5.69 Å². The first-order valence-corrected chi connectivity index (χ1v) is 10.4. The van der Waals surface area contributed by atoms with Gasteiger partial charge in [0.15, 0.2) is 0 Å². The van der Waals surface area contributed by atoms with Gasteiger partial charge in [-0.15, -0.1) is 0 Å². The number of ether oxygens (including phenoxy) is 1. The van der Waals surface area contributed by atoms with E-state index < -0.39 is 12.1 Å². The van der Waals surface area contributed by atoms with E-state index in [4.69, 9.17) is 4.74 Å². The van der Waals surface area contributed by atoms with E-state index in [2.05, 4.69) is 10.4 Å². The average Bonchev–Trinajstić information content (AvgIpc) is 3.14. The first-order valence-electron chi connectivity index (χ1n) is 10.4. The van der Waals surface area contributed by atoms with Gasteiger partial charge in [0.2, 0.25) is 5.91 Å². The summed E-state index contributed by atoms with van der Waals surface area (Å²) in [4.78, 5) is 26.7. The van der Waals surface area contributed by atoms with Gasteiger partial charge in [-0.2, -0.15) is 5.10 Å². The number of aryl methyl sites for hydroxylation is 2. The van der Waals surface area contributed by atoms with E-state index in [1.807, 2.05) is 37.3 Å². The van der Waals surface area contributed by atoms with Gasteiger partial charge in [-0.1, -0.05) is 42.5 Å². The van der Waals surface area contributed by atoms with Gasteiger partial charge in [0.05, 0.1) is 18.3 Å². The molecular weight excluding hydrogens is 408 g/mol. The van der Waals surface area contributed by atoms with Crippen molar-refractivity contribution in [2.75, 3.05) is 18.5 Å². The molecule has 1 aromatic heterocycles. The van der Waals surface area contributed by atoms with Crippen molar-refractivity contribution >= 4 is 17.5 Å². The monoisotopic (exact) mass is 434 g/mol. The fraction of sp³-hybridized carbons (Fsp3) is 0.292. The number of benzene rings is 2. The van der Waals surface area contributed by atoms with E-state index in [-0.39, 0.29) is 25.0 Å². The van der Waals surface area contributed by atoms with Gasteiger partial charge in [-0.3, -0.25) is 14.3 Å². The largest absolute Gasteiger partial charge is 0.386 e. The normalized spacial score (nSPS) is 17.3. The predicted octanol–water partition coefficient (Wildman–Crippen LogP) is 2.44. The van der Waals surface area contributed by atoms with Gasteiger partial charge in [0.1, 0.15) is 18.4 Å². The van der Waals surface area contributed by atoms with Crippen LogP contribution in [0.3, 0.4) is 0 Å². The zero-order chi connectivity index (χ0) is 22.7. The number of nitrogens with one attached hydrogen (secondary N) is 1. The standard InChI is InChI=1S/C24H26N4O4/c1-16-12-20(27(2)26-16)24(31)25-19-10-8-18(9-11-19)23(30)21-14-32-15-22(29)28(21)13-17-6-4-3-5-7-17/h3-12,21,23,30H,13-15H2,1-2H3,(H,25,31). The van der Waals surface area contributed by atoms with Gasteiger partial charge in [-0.25, -0.2) is 0 Å². The number of amides is 2. The van der Waals surface area contributed by atoms with Crippen molar-refractivity contribution in [3.05, 3.63) is 83.2 Å². The molecule has 0 bridgehead atoms. The molecule has 166 valence electrons. The van der Waals surface area contributed by atoms with Crippen molar-refractivity contribution < 1.29 is 19.4 Å². The highest BCUT2D eigenvalue weighted by atomic mass is 16.5. The Morgan fingerprint density at radius 3 is 2.59 bits per heavy atom. The van der Waals surface area contributed by atoms with Crippen molar-refractivity contribution in [2.24, 2.45) is 7.05 Å². The zero-order valence-electron chi connectivity index (χ0n) is 18.1. The van der Waals surface area contributed by atoms with Gasteiger partial charge in [-0.05, 0) is 36.2 Å². The molecule has 1 aliphatic rings. The number of hydrogen-bond acceptors (Lipinski definition) is 5. The molecule has 1 saturated heterocycles. The van der Waals surface area contributed by atoms with E-state index in [0.29, 0.717) is 23.5 Å². The molecule has 32 heavy (non-hydrogen) atoms. The second-order valence-electron chi connectivity index (χ2n) is 7.91. The lowest BCUT2D eigenvalue weighted by atomic mass is 9.99. The summed E-state index contributed by atoms with van der Waals surface area (Å²) >= 11 is 0. The van der Waals surface area contributed by atoms with Gasteiger partial charge >= 0.3 is 0 Å². The third kappa shape index (κ3) is 4.71. The lowest BCUT2D eigenvalue weighted by Gasteiger charge is -2.38. The Morgan fingerprint density at radius 1 is 1.22 bits per heavy atom. The molecular formula is C24H26N4O4. The van der Waals surface area contributed by atoms with Crippen LogP contribution in [0.25, 0.3) is 0 Å². The number of aromatic nitrogens is 2. The Morgan fingerprint density at radius 2 is 1.94 bits per heavy atom. The average molecular weight is 434 g/mol. The van der Waals surface area contributed by atoms with Crippen LogP contribution in [0.2, 0.25) is 0 Å². The second kappa shape index (κ2) is 9.33. The van der Waals surface area contributed by atoms with Crippen LogP contribution < -0.4 is 5.32 Å². The van der Waals surface area contributed by atoms with E-state index in [9.17, 15) is 14.7 Å². The molecule has 2 amide bonds. The van der Waals surface area contributed by atoms with Crippen molar-refractivity contribution in [2.45, 2.75) is 25.6 Å². The predicted molar refractivity (Wildman–Crippen MR) is 119 cm³/mol. The summed E-state index contributed by atoms with van der Waals surface area (Å²) < 4.78 is 6.96. The van der Waals surface area contributed by atoms with Crippen LogP contribution in [0.15, 0.2) is 60.7 Å². The molecule has 1 aliphatic heterocycles. The smallest absolute Gasteiger partial charge is 0.273 e. The van der Waals surface area contributed by atoms with Crippen LogP contribution in [-0.2, 0) is 23.1 Å². The molecule has 0 radical (unpaired) electrons. The molecule has 1 fully saturated rings. The third-order valence-corrected chi connectivity index (χ3v) is 5.54. The molecule has 0 aliphatic carbocycles. The Bertz CT molecular complexity index is 1090. The number of aliphatic hydroxyl groups excluding tert-OH is 1. The van der Waals surface area contributed by atoms with Crippen molar-refractivity contribution in [3.63, 3.8) is 0 Å². The molecule has 8 nitrogen and oxygen atoms in total. The highest BCUT2D eigenvalue weighted by Gasteiger charge is 2.34. The molecule has 3 aromatic rings. The number of carbonyl (C=O) groups is 2. The van der Waals surface area contributed by atoms with Crippen molar-refractivity contribution in [1.29, 1.82) is 0 Å². The molecule has 2 N–H and O–H groups in total. The summed E-state index contributed by atoms with van der Waals surface area (Å²) in [5.74, 6) is -0.416. The molecule has 0 spiro atoms.